The number of aliphatic hydroxyl groups excluding tert-OH is 1. The molecule has 0 fully saturated rings. The molecule has 6 heteroatoms. The first-order valence-corrected chi connectivity index (χ1v) is 8.53. The molecule has 0 atom stereocenters. The minimum absolute atomic E-state index is 0.0588. The zero-order chi connectivity index (χ0) is 17.6. The highest BCUT2D eigenvalue weighted by atomic mass is 16.4. The quantitative estimate of drug-likeness (QED) is 0.244. The molecule has 0 unspecified atom stereocenters. The second-order valence-electron chi connectivity index (χ2n) is 6.04. The number of allylic oxidation sites excluding steroid dienone is 1. The highest BCUT2D eigenvalue weighted by molar-refractivity contribution is 5.66. The SMILES string of the molecule is CCCCCC/C=C/[N+](CO)(CCCC(=O)O)CCCC(=O)O. The third kappa shape index (κ3) is 11.8. The van der Waals surface area contributed by atoms with Crippen molar-refractivity contribution in [2.45, 2.75) is 64.7 Å². The predicted octanol–water partition coefficient (Wildman–Crippen LogP) is 2.97. The lowest BCUT2D eigenvalue weighted by molar-refractivity contribution is -0.898. The van der Waals surface area contributed by atoms with Gasteiger partial charge in [-0.2, -0.15) is 0 Å². The number of hydrogen-bond acceptors (Lipinski definition) is 3. The number of aliphatic hydroxyl groups is 1. The lowest BCUT2D eigenvalue weighted by atomic mass is 10.1. The molecule has 0 radical (unpaired) electrons. The van der Waals surface area contributed by atoms with E-state index in [-0.39, 0.29) is 24.1 Å². The Labute approximate surface area is 139 Å². The molecule has 0 saturated carbocycles. The smallest absolute Gasteiger partial charge is 0.303 e. The van der Waals surface area contributed by atoms with Gasteiger partial charge in [-0.3, -0.25) is 14.1 Å². The third-order valence-electron chi connectivity index (χ3n) is 3.92. The molecule has 0 heterocycles. The van der Waals surface area contributed by atoms with E-state index in [1.54, 1.807) is 0 Å². The predicted molar refractivity (Wildman–Crippen MR) is 88.7 cm³/mol. The van der Waals surface area contributed by atoms with Gasteiger partial charge in [0.15, 0.2) is 6.73 Å². The summed E-state index contributed by atoms with van der Waals surface area (Å²) in [6, 6.07) is 0. The average Bonchev–Trinajstić information content (AvgIpc) is 2.49. The summed E-state index contributed by atoms with van der Waals surface area (Å²) < 4.78 is 0.244. The highest BCUT2D eigenvalue weighted by Gasteiger charge is 2.23. The topological polar surface area (TPSA) is 94.8 Å². The van der Waals surface area contributed by atoms with Crippen LogP contribution in [0.4, 0.5) is 0 Å². The van der Waals surface area contributed by atoms with Crippen LogP contribution in [0.15, 0.2) is 12.3 Å². The maximum atomic E-state index is 10.7. The number of carboxylic acid groups (broad SMARTS) is 2. The fraction of sp³-hybridized carbons (Fsp3) is 0.765. The van der Waals surface area contributed by atoms with E-state index in [0.717, 1.165) is 12.8 Å². The van der Waals surface area contributed by atoms with Crippen molar-refractivity contribution in [2.75, 3.05) is 19.8 Å². The van der Waals surface area contributed by atoms with Crippen LogP contribution >= 0.6 is 0 Å². The van der Waals surface area contributed by atoms with Crippen LogP contribution in [0.25, 0.3) is 0 Å². The summed E-state index contributed by atoms with van der Waals surface area (Å²) in [5.41, 5.74) is 0. The molecule has 134 valence electrons. The van der Waals surface area contributed by atoms with Crippen molar-refractivity contribution in [3.63, 3.8) is 0 Å². The molecule has 6 nitrogen and oxygen atoms in total. The van der Waals surface area contributed by atoms with Crippen molar-refractivity contribution >= 4 is 11.9 Å². The van der Waals surface area contributed by atoms with Crippen LogP contribution in [0, 0.1) is 0 Å². The lowest BCUT2D eigenvalue weighted by Crippen LogP contribution is -2.45. The maximum absolute atomic E-state index is 10.7. The molecule has 0 saturated heterocycles. The summed E-state index contributed by atoms with van der Waals surface area (Å²) in [5, 5.41) is 27.3. The van der Waals surface area contributed by atoms with Crippen LogP contribution in [0.1, 0.15) is 64.7 Å². The maximum Gasteiger partial charge on any atom is 0.303 e. The minimum Gasteiger partial charge on any atom is -0.481 e. The Morgan fingerprint density at radius 2 is 1.48 bits per heavy atom. The summed E-state index contributed by atoms with van der Waals surface area (Å²) in [6.45, 7) is 3.04. The van der Waals surface area contributed by atoms with Crippen LogP contribution in [-0.4, -0.2) is 51.6 Å². The van der Waals surface area contributed by atoms with E-state index in [4.69, 9.17) is 10.2 Å². The van der Waals surface area contributed by atoms with Gasteiger partial charge >= 0.3 is 11.9 Å². The van der Waals surface area contributed by atoms with E-state index in [1.807, 2.05) is 12.3 Å². The molecule has 0 aromatic heterocycles. The molecular weight excluding hydrogens is 298 g/mol. The van der Waals surface area contributed by atoms with Crippen LogP contribution in [0.5, 0.6) is 0 Å². The molecule has 0 bridgehead atoms. The Balaban J connectivity index is 4.55. The monoisotopic (exact) mass is 330 g/mol. The molecule has 0 spiro atoms. The van der Waals surface area contributed by atoms with Crippen molar-refractivity contribution in [1.29, 1.82) is 0 Å². The summed E-state index contributed by atoms with van der Waals surface area (Å²) in [4.78, 5) is 21.3. The first-order valence-electron chi connectivity index (χ1n) is 8.53. The molecule has 3 N–H and O–H groups in total. The molecule has 0 aromatic rings. The van der Waals surface area contributed by atoms with E-state index in [1.165, 1.54) is 19.3 Å². The molecule has 0 amide bonds. The summed E-state index contributed by atoms with van der Waals surface area (Å²) in [7, 11) is 0. The van der Waals surface area contributed by atoms with Gasteiger partial charge in [0.05, 0.1) is 32.1 Å². The van der Waals surface area contributed by atoms with E-state index in [0.29, 0.717) is 25.9 Å². The number of quaternary nitrogens is 1. The van der Waals surface area contributed by atoms with E-state index >= 15 is 0 Å². The van der Waals surface area contributed by atoms with Crippen molar-refractivity contribution < 1.29 is 29.4 Å². The molecule has 0 aliphatic carbocycles. The van der Waals surface area contributed by atoms with Gasteiger partial charge in [0.25, 0.3) is 0 Å². The highest BCUT2D eigenvalue weighted by Crippen LogP contribution is 2.14. The molecule has 0 aromatic carbocycles. The first-order chi connectivity index (χ1) is 11.0. The number of unbranched alkanes of at least 4 members (excludes halogenated alkanes) is 4. The Morgan fingerprint density at radius 3 is 1.91 bits per heavy atom. The van der Waals surface area contributed by atoms with Gasteiger partial charge in [0, 0.05) is 12.8 Å². The van der Waals surface area contributed by atoms with Gasteiger partial charge in [0.2, 0.25) is 0 Å². The lowest BCUT2D eigenvalue weighted by Gasteiger charge is -2.32. The van der Waals surface area contributed by atoms with Gasteiger partial charge in [0.1, 0.15) is 0 Å². The molecule has 0 rings (SSSR count). The van der Waals surface area contributed by atoms with Gasteiger partial charge in [-0.15, -0.1) is 0 Å². The number of carbonyl (C=O) groups is 2. The fourth-order valence-corrected chi connectivity index (χ4v) is 2.53. The zero-order valence-corrected chi connectivity index (χ0v) is 14.2. The fourth-order valence-electron chi connectivity index (χ4n) is 2.53. The van der Waals surface area contributed by atoms with Crippen LogP contribution in [0.2, 0.25) is 0 Å². The summed E-state index contributed by atoms with van der Waals surface area (Å²) in [6.07, 6.45) is 10.6. The normalized spacial score (nSPS) is 11.9. The van der Waals surface area contributed by atoms with Crippen LogP contribution < -0.4 is 0 Å². The molecule has 0 aliphatic rings. The van der Waals surface area contributed by atoms with Crippen LogP contribution in [0.3, 0.4) is 0 Å². The average molecular weight is 330 g/mol. The number of carboxylic acids is 2. The van der Waals surface area contributed by atoms with E-state index in [2.05, 4.69) is 6.92 Å². The number of hydrogen-bond donors (Lipinski definition) is 3. The van der Waals surface area contributed by atoms with Crippen molar-refractivity contribution in [3.05, 3.63) is 12.3 Å². The Kier molecular flexibility index (Phi) is 12.3. The van der Waals surface area contributed by atoms with Crippen molar-refractivity contribution in [1.82, 2.24) is 0 Å². The van der Waals surface area contributed by atoms with E-state index in [9.17, 15) is 14.7 Å². The standard InChI is InChI=1S/C17H31NO5/c1-2-3-4-5-6-7-12-18(15-19,13-8-10-16(20)21)14-9-11-17(22)23/h7,12,19H,2-6,8-11,13-15H2,1H3,(H-,20,21,22,23)/p+1/b12-7+. The van der Waals surface area contributed by atoms with E-state index < -0.39 is 11.9 Å². The molecular formula is C17H32NO5+. The van der Waals surface area contributed by atoms with Gasteiger partial charge in [-0.1, -0.05) is 26.2 Å². The zero-order valence-electron chi connectivity index (χ0n) is 14.2. The molecule has 0 aliphatic heterocycles. The van der Waals surface area contributed by atoms with Gasteiger partial charge in [-0.05, 0) is 18.9 Å². The summed E-state index contributed by atoms with van der Waals surface area (Å²) in [5.74, 6) is -1.70. The second-order valence-corrected chi connectivity index (χ2v) is 6.04. The first kappa shape index (κ1) is 21.6. The second kappa shape index (κ2) is 13.1. The Morgan fingerprint density at radius 1 is 0.913 bits per heavy atom. The Bertz CT molecular complexity index is 348. The van der Waals surface area contributed by atoms with Crippen molar-refractivity contribution in [2.24, 2.45) is 0 Å². The largest absolute Gasteiger partial charge is 0.481 e. The van der Waals surface area contributed by atoms with Crippen molar-refractivity contribution in [3.8, 4) is 0 Å². The number of rotatable bonds is 15. The summed E-state index contributed by atoms with van der Waals surface area (Å²) >= 11 is 0. The molecule has 23 heavy (non-hydrogen) atoms. The minimum atomic E-state index is -0.852. The number of aliphatic carboxylic acids is 2. The number of nitrogens with zero attached hydrogens (tertiary/aromatic N) is 1. The Hall–Kier alpha value is -1.40. The third-order valence-corrected chi connectivity index (χ3v) is 3.92. The van der Waals surface area contributed by atoms with Gasteiger partial charge in [-0.25, -0.2) is 0 Å². The van der Waals surface area contributed by atoms with Gasteiger partial charge < -0.3 is 15.3 Å². The van der Waals surface area contributed by atoms with Crippen LogP contribution in [-0.2, 0) is 9.59 Å².